The van der Waals surface area contributed by atoms with Crippen LogP contribution in [0.3, 0.4) is 0 Å². The van der Waals surface area contributed by atoms with E-state index in [0.717, 1.165) is 0 Å². The zero-order valence-corrected chi connectivity index (χ0v) is 9.22. The van der Waals surface area contributed by atoms with Crippen LogP contribution in [0.1, 0.15) is 29.3 Å². The molecule has 9 heteroatoms. The van der Waals surface area contributed by atoms with Gasteiger partial charge in [0.25, 0.3) is 6.43 Å². The number of aromatic nitrogens is 1. The first-order chi connectivity index (χ1) is 8.40. The van der Waals surface area contributed by atoms with Gasteiger partial charge < -0.3 is 20.6 Å². The first-order valence-electron chi connectivity index (χ1n) is 4.78. The summed E-state index contributed by atoms with van der Waals surface area (Å²) >= 11 is 0. The highest BCUT2D eigenvalue weighted by molar-refractivity contribution is 5.96. The molecule has 0 aliphatic carbocycles. The highest BCUT2D eigenvalue weighted by atomic mass is 19.3. The number of alkyl halides is 2. The van der Waals surface area contributed by atoms with Gasteiger partial charge in [-0.05, 0) is 16.8 Å². The van der Waals surface area contributed by atoms with Crippen LogP contribution >= 0.6 is 0 Å². The molecule has 1 aromatic rings. The molecule has 0 saturated heterocycles. The molecule has 2 N–H and O–H groups in total. The molecule has 7 nitrogen and oxygen atoms in total. The number of anilines is 1. The number of pyridine rings is 1. The second kappa shape index (κ2) is 5.34. The van der Waals surface area contributed by atoms with Gasteiger partial charge in [0.15, 0.2) is 11.8 Å². The van der Waals surface area contributed by atoms with Crippen LogP contribution in [-0.2, 0) is 4.74 Å². The zero-order chi connectivity index (χ0) is 13.9. The van der Waals surface area contributed by atoms with Gasteiger partial charge in [-0.25, -0.2) is 13.6 Å². The van der Waals surface area contributed by atoms with Crippen molar-refractivity contribution in [3.8, 4) is 0 Å². The van der Waals surface area contributed by atoms with Crippen LogP contribution in [-0.4, -0.2) is 22.5 Å². The number of rotatable bonds is 4. The maximum atomic E-state index is 12.8. The average molecular weight is 261 g/mol. The fourth-order valence-electron chi connectivity index (χ4n) is 1.31. The summed E-state index contributed by atoms with van der Waals surface area (Å²) < 4.78 is 30.1. The number of carbonyl (C=O) groups is 1. The van der Waals surface area contributed by atoms with Crippen molar-refractivity contribution in [3.05, 3.63) is 27.4 Å². The number of carbonyl (C=O) groups excluding carboxylic acids is 1. The lowest BCUT2D eigenvalue weighted by molar-refractivity contribution is -0.390. The Morgan fingerprint density at radius 1 is 1.67 bits per heavy atom. The summed E-state index contributed by atoms with van der Waals surface area (Å²) in [7, 11) is 0. The number of halogens is 2. The van der Waals surface area contributed by atoms with Crippen LogP contribution < -0.4 is 5.73 Å². The minimum Gasteiger partial charge on any atom is -0.462 e. The molecule has 0 amide bonds. The quantitative estimate of drug-likeness (QED) is 0.501. The summed E-state index contributed by atoms with van der Waals surface area (Å²) in [5.41, 5.74) is 2.91. The number of ether oxygens (including phenoxy) is 1. The SMILES string of the molecule is CCOC(=O)c1c([N+](=O)[O-])ncc(N)c1C(F)F. The number of hydrogen-bond acceptors (Lipinski definition) is 6. The number of nitrogens with zero attached hydrogens (tertiary/aromatic N) is 2. The highest BCUT2D eigenvalue weighted by Gasteiger charge is 2.33. The second-order valence-corrected chi connectivity index (χ2v) is 3.10. The molecule has 0 spiro atoms. The summed E-state index contributed by atoms with van der Waals surface area (Å²) in [4.78, 5) is 24.4. The van der Waals surface area contributed by atoms with Crippen molar-refractivity contribution in [2.75, 3.05) is 12.3 Å². The van der Waals surface area contributed by atoms with Crippen molar-refractivity contribution in [3.63, 3.8) is 0 Å². The van der Waals surface area contributed by atoms with E-state index in [9.17, 15) is 23.7 Å². The van der Waals surface area contributed by atoms with E-state index >= 15 is 0 Å². The molecule has 0 aliphatic heterocycles. The fraction of sp³-hybridized carbons (Fsp3) is 0.333. The summed E-state index contributed by atoms with van der Waals surface area (Å²) in [5, 5.41) is 10.7. The van der Waals surface area contributed by atoms with Gasteiger partial charge in [-0.1, -0.05) is 0 Å². The van der Waals surface area contributed by atoms with Gasteiger partial charge in [0.05, 0.1) is 17.9 Å². The topological polar surface area (TPSA) is 108 Å². The number of hydrogen-bond donors (Lipinski definition) is 1. The molecular weight excluding hydrogens is 252 g/mol. The standard InChI is InChI=1S/C9H9F2N3O4/c1-2-18-9(15)6-5(7(10)11)4(12)3-13-8(6)14(16)17/h3,7H,2,12H2,1H3. The number of esters is 1. The lowest BCUT2D eigenvalue weighted by Gasteiger charge is -2.09. The molecule has 0 bridgehead atoms. The van der Waals surface area contributed by atoms with Crippen molar-refractivity contribution < 1.29 is 23.2 Å². The molecule has 0 aliphatic rings. The Morgan fingerprint density at radius 2 is 2.28 bits per heavy atom. The van der Waals surface area contributed by atoms with Gasteiger partial charge in [0.1, 0.15) is 0 Å². The van der Waals surface area contributed by atoms with Crippen LogP contribution in [0.2, 0.25) is 0 Å². The van der Waals surface area contributed by atoms with E-state index in [1.165, 1.54) is 6.92 Å². The average Bonchev–Trinajstić information content (AvgIpc) is 2.27. The Morgan fingerprint density at radius 3 is 2.72 bits per heavy atom. The second-order valence-electron chi connectivity index (χ2n) is 3.10. The van der Waals surface area contributed by atoms with E-state index in [1.54, 1.807) is 0 Å². The van der Waals surface area contributed by atoms with Gasteiger partial charge in [-0.15, -0.1) is 0 Å². The maximum Gasteiger partial charge on any atom is 0.378 e. The molecular formula is C9H9F2N3O4. The predicted molar refractivity (Wildman–Crippen MR) is 56.2 cm³/mol. The molecule has 0 aromatic carbocycles. The van der Waals surface area contributed by atoms with Gasteiger partial charge >= 0.3 is 11.8 Å². The van der Waals surface area contributed by atoms with E-state index in [4.69, 9.17) is 5.73 Å². The minimum absolute atomic E-state index is 0.118. The number of nitro groups is 1. The van der Waals surface area contributed by atoms with Crippen molar-refractivity contribution in [2.45, 2.75) is 13.3 Å². The molecule has 0 radical (unpaired) electrons. The van der Waals surface area contributed by atoms with Crippen molar-refractivity contribution in [2.24, 2.45) is 0 Å². The monoisotopic (exact) mass is 261 g/mol. The molecule has 0 fully saturated rings. The molecule has 98 valence electrons. The van der Waals surface area contributed by atoms with Crippen LogP contribution in [0.25, 0.3) is 0 Å². The molecule has 0 unspecified atom stereocenters. The van der Waals surface area contributed by atoms with E-state index in [2.05, 4.69) is 9.72 Å². The Balaban J connectivity index is 3.53. The third-order valence-corrected chi connectivity index (χ3v) is 2.00. The van der Waals surface area contributed by atoms with Gasteiger partial charge in [-0.2, -0.15) is 0 Å². The van der Waals surface area contributed by atoms with Gasteiger partial charge in [0, 0.05) is 0 Å². The summed E-state index contributed by atoms with van der Waals surface area (Å²) in [5.74, 6) is -2.25. The lowest BCUT2D eigenvalue weighted by Crippen LogP contribution is -2.14. The fourth-order valence-corrected chi connectivity index (χ4v) is 1.31. The summed E-state index contributed by atoms with van der Waals surface area (Å²) in [6.07, 6.45) is -2.44. The Bertz CT molecular complexity index is 493. The van der Waals surface area contributed by atoms with Gasteiger partial charge in [0.2, 0.25) is 0 Å². The van der Waals surface area contributed by atoms with Crippen LogP contribution in [0.4, 0.5) is 20.3 Å². The third-order valence-electron chi connectivity index (χ3n) is 2.00. The van der Waals surface area contributed by atoms with Crippen LogP contribution in [0, 0.1) is 10.1 Å². The first kappa shape index (κ1) is 13.7. The first-order valence-corrected chi connectivity index (χ1v) is 4.78. The largest absolute Gasteiger partial charge is 0.462 e. The highest BCUT2D eigenvalue weighted by Crippen LogP contribution is 2.33. The maximum absolute atomic E-state index is 12.8. The van der Waals surface area contributed by atoms with E-state index in [1.807, 2.05) is 0 Å². The Labute approximate surface area is 99.7 Å². The molecule has 0 saturated carbocycles. The van der Waals surface area contributed by atoms with Crippen molar-refractivity contribution in [1.29, 1.82) is 0 Å². The van der Waals surface area contributed by atoms with Crippen molar-refractivity contribution in [1.82, 2.24) is 4.98 Å². The van der Waals surface area contributed by atoms with E-state index in [-0.39, 0.29) is 6.61 Å². The van der Waals surface area contributed by atoms with Crippen LogP contribution in [0.5, 0.6) is 0 Å². The molecule has 0 atom stereocenters. The smallest absolute Gasteiger partial charge is 0.378 e. The van der Waals surface area contributed by atoms with E-state index in [0.29, 0.717) is 6.20 Å². The Kier molecular flexibility index (Phi) is 4.08. The number of nitrogens with two attached hydrogens (primary N) is 1. The normalized spacial score (nSPS) is 10.4. The third kappa shape index (κ3) is 2.50. The van der Waals surface area contributed by atoms with E-state index < -0.39 is 40.0 Å². The summed E-state index contributed by atoms with van der Waals surface area (Å²) in [6.45, 7) is 1.32. The predicted octanol–water partition coefficient (Wildman–Crippen LogP) is 1.69. The molecule has 18 heavy (non-hydrogen) atoms. The lowest BCUT2D eigenvalue weighted by atomic mass is 10.1. The van der Waals surface area contributed by atoms with Crippen LogP contribution in [0.15, 0.2) is 6.20 Å². The molecule has 1 rings (SSSR count). The molecule has 1 heterocycles. The Hall–Kier alpha value is -2.32. The van der Waals surface area contributed by atoms with Gasteiger partial charge in [-0.3, -0.25) is 0 Å². The summed E-state index contributed by atoms with van der Waals surface area (Å²) in [6, 6.07) is 0. The number of nitrogen functional groups attached to an aromatic ring is 1. The van der Waals surface area contributed by atoms with Crippen molar-refractivity contribution >= 4 is 17.5 Å². The molecule has 1 aromatic heterocycles. The minimum atomic E-state index is -3.15. The zero-order valence-electron chi connectivity index (χ0n) is 9.22.